The van der Waals surface area contributed by atoms with E-state index in [1.807, 2.05) is 26.0 Å². The van der Waals surface area contributed by atoms with Gasteiger partial charge in [-0.3, -0.25) is 14.6 Å². The number of carbonyl (C=O) groups is 1. The number of aryl methyl sites for hydroxylation is 2. The summed E-state index contributed by atoms with van der Waals surface area (Å²) in [7, 11) is 1.59. The number of carbonyl (C=O) groups excluding carboxylic acids is 1. The maximum atomic E-state index is 13.0. The van der Waals surface area contributed by atoms with Gasteiger partial charge >= 0.3 is 0 Å². The first kappa shape index (κ1) is 17.2. The highest BCUT2D eigenvalue weighted by Crippen LogP contribution is 2.32. The fourth-order valence-electron chi connectivity index (χ4n) is 3.38. The van der Waals surface area contributed by atoms with Crippen molar-refractivity contribution in [3.8, 4) is 5.75 Å². The minimum atomic E-state index is -0.319. The molecule has 0 aliphatic carbocycles. The van der Waals surface area contributed by atoms with Gasteiger partial charge < -0.3 is 14.6 Å². The standard InChI is InChI=1S/C19H23N3O3/c1-4-15-12(2)10-14(18(23)21-15)19(24)22-9-5-6-17(22)16-8-7-13(25-3)11-20-16/h7-8,10-11,17H,4-6,9H2,1-3H3,(H,21,23). The quantitative estimate of drug-likeness (QED) is 0.927. The van der Waals surface area contributed by atoms with Gasteiger partial charge in [-0.15, -0.1) is 0 Å². The van der Waals surface area contributed by atoms with Crippen LogP contribution in [-0.2, 0) is 6.42 Å². The average molecular weight is 341 g/mol. The Morgan fingerprint density at radius 3 is 2.88 bits per heavy atom. The number of aromatic nitrogens is 2. The van der Waals surface area contributed by atoms with Gasteiger partial charge in [-0.1, -0.05) is 6.92 Å². The second kappa shape index (κ2) is 7.09. The van der Waals surface area contributed by atoms with Crippen LogP contribution < -0.4 is 10.3 Å². The predicted octanol–water partition coefficient (Wildman–Crippen LogP) is 2.63. The lowest BCUT2D eigenvalue weighted by molar-refractivity contribution is 0.0731. The third kappa shape index (κ3) is 3.29. The monoisotopic (exact) mass is 341 g/mol. The number of nitrogens with zero attached hydrogens (tertiary/aromatic N) is 2. The maximum Gasteiger partial charge on any atom is 0.261 e. The molecular formula is C19H23N3O3. The smallest absolute Gasteiger partial charge is 0.261 e. The van der Waals surface area contributed by atoms with Crippen molar-refractivity contribution in [1.82, 2.24) is 14.9 Å². The van der Waals surface area contributed by atoms with E-state index in [4.69, 9.17) is 4.74 Å². The molecule has 2 aromatic rings. The number of hydrogen-bond donors (Lipinski definition) is 1. The Labute approximate surface area is 146 Å². The van der Waals surface area contributed by atoms with Gasteiger partial charge in [0.1, 0.15) is 11.3 Å². The lowest BCUT2D eigenvalue weighted by atomic mass is 10.1. The predicted molar refractivity (Wildman–Crippen MR) is 95.0 cm³/mol. The van der Waals surface area contributed by atoms with Gasteiger partial charge in [0.2, 0.25) is 0 Å². The molecule has 3 rings (SSSR count). The third-order valence-corrected chi connectivity index (χ3v) is 4.78. The molecule has 0 bridgehead atoms. The number of H-pyrrole nitrogens is 1. The highest BCUT2D eigenvalue weighted by atomic mass is 16.5. The van der Waals surface area contributed by atoms with E-state index in [2.05, 4.69) is 9.97 Å². The van der Waals surface area contributed by atoms with Crippen molar-refractivity contribution < 1.29 is 9.53 Å². The number of methoxy groups -OCH3 is 1. The van der Waals surface area contributed by atoms with E-state index < -0.39 is 0 Å². The van der Waals surface area contributed by atoms with Crippen molar-refractivity contribution in [2.24, 2.45) is 0 Å². The molecule has 1 N–H and O–H groups in total. The number of amides is 1. The van der Waals surface area contributed by atoms with Crippen LogP contribution in [0.15, 0.2) is 29.2 Å². The third-order valence-electron chi connectivity index (χ3n) is 4.78. The first-order chi connectivity index (χ1) is 12.0. The molecule has 1 saturated heterocycles. The zero-order valence-electron chi connectivity index (χ0n) is 14.8. The second-order valence-corrected chi connectivity index (χ2v) is 6.31. The van der Waals surface area contributed by atoms with Gasteiger partial charge in [-0.25, -0.2) is 0 Å². The molecule has 1 fully saturated rings. The van der Waals surface area contributed by atoms with Crippen LogP contribution >= 0.6 is 0 Å². The van der Waals surface area contributed by atoms with Crippen LogP contribution in [0.5, 0.6) is 5.75 Å². The molecule has 1 aliphatic rings. The Bertz CT molecular complexity index is 827. The van der Waals surface area contributed by atoms with E-state index in [0.717, 1.165) is 36.2 Å². The first-order valence-electron chi connectivity index (χ1n) is 8.58. The van der Waals surface area contributed by atoms with Crippen LogP contribution in [0.2, 0.25) is 0 Å². The summed E-state index contributed by atoms with van der Waals surface area (Å²) in [4.78, 5) is 34.3. The summed E-state index contributed by atoms with van der Waals surface area (Å²) in [6, 6.07) is 5.32. The average Bonchev–Trinajstić information content (AvgIpc) is 3.12. The number of ether oxygens (including phenoxy) is 1. The van der Waals surface area contributed by atoms with Gasteiger partial charge in [0.15, 0.2) is 0 Å². The van der Waals surface area contributed by atoms with E-state index in [0.29, 0.717) is 12.3 Å². The Hall–Kier alpha value is -2.63. The largest absolute Gasteiger partial charge is 0.495 e. The molecule has 2 aromatic heterocycles. The Kier molecular flexibility index (Phi) is 4.88. The number of pyridine rings is 2. The SMILES string of the molecule is CCc1[nH]c(=O)c(C(=O)N2CCCC2c2ccc(OC)cn2)cc1C. The van der Waals surface area contributed by atoms with Crippen molar-refractivity contribution in [2.45, 2.75) is 39.2 Å². The van der Waals surface area contributed by atoms with Gasteiger partial charge in [0.25, 0.3) is 11.5 Å². The fraction of sp³-hybridized carbons (Fsp3) is 0.421. The second-order valence-electron chi connectivity index (χ2n) is 6.31. The molecular weight excluding hydrogens is 318 g/mol. The van der Waals surface area contributed by atoms with Crippen LogP contribution in [-0.4, -0.2) is 34.4 Å². The van der Waals surface area contributed by atoms with Crippen LogP contribution in [0.3, 0.4) is 0 Å². The zero-order chi connectivity index (χ0) is 18.0. The number of rotatable bonds is 4. The molecule has 1 atom stereocenters. The molecule has 1 aliphatic heterocycles. The van der Waals surface area contributed by atoms with Crippen molar-refractivity contribution >= 4 is 5.91 Å². The normalized spacial score (nSPS) is 16.9. The van der Waals surface area contributed by atoms with Crippen LogP contribution in [0, 0.1) is 6.92 Å². The molecule has 1 unspecified atom stereocenters. The molecule has 6 nitrogen and oxygen atoms in total. The number of hydrogen-bond acceptors (Lipinski definition) is 4. The van der Waals surface area contributed by atoms with Crippen LogP contribution in [0.25, 0.3) is 0 Å². The summed E-state index contributed by atoms with van der Waals surface area (Å²) in [6.07, 6.45) is 4.13. The summed E-state index contributed by atoms with van der Waals surface area (Å²) in [5.41, 5.74) is 2.51. The Balaban J connectivity index is 1.90. The topological polar surface area (TPSA) is 75.3 Å². The van der Waals surface area contributed by atoms with Crippen LogP contribution in [0.4, 0.5) is 0 Å². The number of aromatic amines is 1. The minimum Gasteiger partial charge on any atom is -0.495 e. The summed E-state index contributed by atoms with van der Waals surface area (Å²) in [5.74, 6) is 0.453. The van der Waals surface area contributed by atoms with E-state index >= 15 is 0 Å². The Morgan fingerprint density at radius 1 is 1.44 bits per heavy atom. The highest BCUT2D eigenvalue weighted by Gasteiger charge is 2.32. The van der Waals surface area contributed by atoms with Gasteiger partial charge in [0, 0.05) is 12.2 Å². The summed E-state index contributed by atoms with van der Waals surface area (Å²) < 4.78 is 5.14. The molecule has 0 spiro atoms. The van der Waals surface area contributed by atoms with E-state index in [9.17, 15) is 9.59 Å². The first-order valence-corrected chi connectivity index (χ1v) is 8.58. The highest BCUT2D eigenvalue weighted by molar-refractivity contribution is 5.94. The number of nitrogens with one attached hydrogen (secondary N) is 1. The summed E-state index contributed by atoms with van der Waals surface area (Å²) >= 11 is 0. The van der Waals surface area contributed by atoms with Crippen LogP contribution in [0.1, 0.15) is 53.1 Å². The van der Waals surface area contributed by atoms with E-state index in [1.54, 1.807) is 24.3 Å². The van der Waals surface area contributed by atoms with Crippen molar-refractivity contribution in [2.75, 3.05) is 13.7 Å². The van der Waals surface area contributed by atoms with Crippen molar-refractivity contribution in [3.05, 3.63) is 57.3 Å². The van der Waals surface area contributed by atoms with Crippen molar-refractivity contribution in [3.63, 3.8) is 0 Å². The molecule has 132 valence electrons. The van der Waals surface area contributed by atoms with E-state index in [-0.39, 0.29) is 23.1 Å². The summed E-state index contributed by atoms with van der Waals surface area (Å²) in [6.45, 7) is 4.52. The molecule has 0 aromatic carbocycles. The van der Waals surface area contributed by atoms with Gasteiger partial charge in [-0.05, 0) is 49.9 Å². The molecule has 25 heavy (non-hydrogen) atoms. The maximum absolute atomic E-state index is 13.0. The fourth-order valence-corrected chi connectivity index (χ4v) is 3.38. The Morgan fingerprint density at radius 2 is 2.24 bits per heavy atom. The lowest BCUT2D eigenvalue weighted by Crippen LogP contribution is -2.35. The zero-order valence-corrected chi connectivity index (χ0v) is 14.8. The molecule has 3 heterocycles. The molecule has 6 heteroatoms. The van der Waals surface area contributed by atoms with Gasteiger partial charge in [-0.2, -0.15) is 0 Å². The molecule has 0 radical (unpaired) electrons. The van der Waals surface area contributed by atoms with Crippen molar-refractivity contribution in [1.29, 1.82) is 0 Å². The summed E-state index contributed by atoms with van der Waals surface area (Å²) in [5, 5.41) is 0. The van der Waals surface area contributed by atoms with Gasteiger partial charge in [0.05, 0.1) is 25.0 Å². The van der Waals surface area contributed by atoms with E-state index in [1.165, 1.54) is 0 Å². The lowest BCUT2D eigenvalue weighted by Gasteiger charge is -2.24. The number of likely N-dealkylation sites (tertiary alicyclic amines) is 1. The molecule has 1 amide bonds. The minimum absolute atomic E-state index is 0.107. The molecule has 0 saturated carbocycles.